The normalized spacial score (nSPS) is 12.0. The molecule has 2 aromatic rings. The first kappa shape index (κ1) is 9.89. The third-order valence-corrected chi connectivity index (χ3v) is 2.15. The first-order chi connectivity index (χ1) is 7.02. The first-order valence-corrected chi connectivity index (χ1v) is 4.25. The third kappa shape index (κ3) is 1.65. The Labute approximate surface area is 83.7 Å². The molecule has 0 amide bonds. The molecule has 2 rings (SSSR count). The van der Waals surface area contributed by atoms with Crippen LogP contribution in [0.1, 0.15) is 5.69 Å². The molecule has 80 valence electrons. The van der Waals surface area contributed by atoms with E-state index in [4.69, 9.17) is 4.74 Å². The molecule has 0 bridgehead atoms. The zero-order valence-electron chi connectivity index (χ0n) is 7.85. The van der Waals surface area contributed by atoms with E-state index in [1.165, 1.54) is 7.11 Å². The van der Waals surface area contributed by atoms with E-state index in [0.29, 0.717) is 16.7 Å². The molecule has 0 unspecified atom stereocenters. The van der Waals surface area contributed by atoms with Crippen LogP contribution >= 0.6 is 0 Å². The summed E-state index contributed by atoms with van der Waals surface area (Å²) >= 11 is 0. The number of aromatic nitrogens is 1. The predicted octanol–water partition coefficient (Wildman–Crippen LogP) is 3.20. The summed E-state index contributed by atoms with van der Waals surface area (Å²) in [5.41, 5.74) is -0.344. The van der Waals surface area contributed by atoms with Crippen LogP contribution in [0.25, 0.3) is 10.9 Å². The van der Waals surface area contributed by atoms with Crippen molar-refractivity contribution in [1.29, 1.82) is 0 Å². The number of hydrogen-bond acceptors (Lipinski definition) is 1. The number of benzene rings is 1. The van der Waals surface area contributed by atoms with Crippen molar-refractivity contribution in [2.24, 2.45) is 0 Å². The minimum absolute atomic E-state index is 0.418. The molecule has 0 aliphatic heterocycles. The summed E-state index contributed by atoms with van der Waals surface area (Å²) in [5.74, 6) is 0.430. The Morgan fingerprint density at radius 2 is 2.00 bits per heavy atom. The number of ether oxygens (including phenoxy) is 1. The van der Waals surface area contributed by atoms with Crippen LogP contribution in [0, 0.1) is 0 Å². The summed E-state index contributed by atoms with van der Waals surface area (Å²) in [6, 6.07) is 5.88. The van der Waals surface area contributed by atoms with Crippen LogP contribution in [0.5, 0.6) is 5.75 Å². The Kier molecular flexibility index (Phi) is 2.10. The van der Waals surface area contributed by atoms with E-state index < -0.39 is 11.9 Å². The van der Waals surface area contributed by atoms with Crippen molar-refractivity contribution in [3.63, 3.8) is 0 Å². The van der Waals surface area contributed by atoms with Gasteiger partial charge < -0.3 is 9.72 Å². The van der Waals surface area contributed by atoms with Crippen LogP contribution in [-0.4, -0.2) is 12.1 Å². The van der Waals surface area contributed by atoms with Crippen molar-refractivity contribution >= 4 is 10.9 Å². The number of nitrogens with one attached hydrogen (secondary N) is 1. The maximum Gasteiger partial charge on any atom is 0.431 e. The molecular formula is C10H8F3NO. The topological polar surface area (TPSA) is 25.0 Å². The van der Waals surface area contributed by atoms with Crippen LogP contribution < -0.4 is 4.74 Å². The third-order valence-electron chi connectivity index (χ3n) is 2.15. The number of alkyl halides is 3. The van der Waals surface area contributed by atoms with Gasteiger partial charge in [0.1, 0.15) is 11.4 Å². The number of halogens is 3. The minimum Gasteiger partial charge on any atom is -0.496 e. The van der Waals surface area contributed by atoms with Crippen molar-refractivity contribution in [2.75, 3.05) is 7.11 Å². The van der Waals surface area contributed by atoms with Gasteiger partial charge in [-0.15, -0.1) is 0 Å². The molecular weight excluding hydrogens is 207 g/mol. The Morgan fingerprint density at radius 3 is 2.60 bits per heavy atom. The van der Waals surface area contributed by atoms with E-state index >= 15 is 0 Å². The lowest BCUT2D eigenvalue weighted by Gasteiger charge is -2.00. The Hall–Kier alpha value is -1.65. The van der Waals surface area contributed by atoms with Gasteiger partial charge in [0.25, 0.3) is 0 Å². The number of aromatic amines is 1. The van der Waals surface area contributed by atoms with E-state index in [1.807, 2.05) is 0 Å². The summed E-state index contributed by atoms with van der Waals surface area (Å²) in [6.07, 6.45) is -4.36. The zero-order chi connectivity index (χ0) is 11.1. The number of rotatable bonds is 1. The Morgan fingerprint density at radius 1 is 1.27 bits per heavy atom. The summed E-state index contributed by atoms with van der Waals surface area (Å²) in [7, 11) is 1.43. The average Bonchev–Trinajstić information content (AvgIpc) is 2.59. The van der Waals surface area contributed by atoms with E-state index in [-0.39, 0.29) is 0 Å². The van der Waals surface area contributed by atoms with Crippen molar-refractivity contribution < 1.29 is 17.9 Å². The van der Waals surface area contributed by atoms with Gasteiger partial charge in [-0.3, -0.25) is 0 Å². The summed E-state index contributed by atoms with van der Waals surface area (Å²) in [5, 5.41) is 0.437. The van der Waals surface area contributed by atoms with Gasteiger partial charge in [0.2, 0.25) is 0 Å². The first-order valence-electron chi connectivity index (χ1n) is 4.25. The molecule has 1 N–H and O–H groups in total. The van der Waals surface area contributed by atoms with Crippen LogP contribution in [-0.2, 0) is 6.18 Å². The fourth-order valence-electron chi connectivity index (χ4n) is 1.46. The maximum absolute atomic E-state index is 12.4. The maximum atomic E-state index is 12.4. The quantitative estimate of drug-likeness (QED) is 0.776. The molecule has 5 heteroatoms. The minimum atomic E-state index is -4.36. The molecule has 1 aromatic carbocycles. The molecule has 1 heterocycles. The molecule has 0 spiro atoms. The predicted molar refractivity (Wildman–Crippen MR) is 49.9 cm³/mol. The standard InChI is InChI=1S/C10H8F3NO/c1-15-8-4-2-3-7-6(8)5-9(14-7)10(11,12)13/h2-5,14H,1H3. The van der Waals surface area contributed by atoms with Gasteiger partial charge in [-0.1, -0.05) is 6.07 Å². The van der Waals surface area contributed by atoms with E-state index in [0.717, 1.165) is 6.07 Å². The van der Waals surface area contributed by atoms with Gasteiger partial charge in [-0.2, -0.15) is 13.2 Å². The highest BCUT2D eigenvalue weighted by Gasteiger charge is 2.32. The van der Waals surface area contributed by atoms with Crippen molar-refractivity contribution in [3.05, 3.63) is 30.0 Å². The van der Waals surface area contributed by atoms with Crippen molar-refractivity contribution in [3.8, 4) is 5.75 Å². The second-order valence-corrected chi connectivity index (χ2v) is 3.10. The lowest BCUT2D eigenvalue weighted by Crippen LogP contribution is -2.04. The summed E-state index contributed by atoms with van der Waals surface area (Å²) in [4.78, 5) is 2.31. The van der Waals surface area contributed by atoms with Gasteiger partial charge in [-0.05, 0) is 18.2 Å². The smallest absolute Gasteiger partial charge is 0.431 e. The Balaban J connectivity index is 2.65. The average molecular weight is 215 g/mol. The molecule has 0 saturated heterocycles. The molecule has 0 atom stereocenters. The number of hydrogen-bond donors (Lipinski definition) is 1. The fourth-order valence-corrected chi connectivity index (χ4v) is 1.46. The van der Waals surface area contributed by atoms with Gasteiger partial charge >= 0.3 is 6.18 Å². The molecule has 1 aromatic heterocycles. The molecule has 0 aliphatic carbocycles. The van der Waals surface area contributed by atoms with Crippen molar-refractivity contribution in [2.45, 2.75) is 6.18 Å². The van der Waals surface area contributed by atoms with Crippen LogP contribution in [0.2, 0.25) is 0 Å². The van der Waals surface area contributed by atoms with Crippen molar-refractivity contribution in [1.82, 2.24) is 4.98 Å². The molecule has 15 heavy (non-hydrogen) atoms. The lowest BCUT2D eigenvalue weighted by atomic mass is 10.2. The van der Waals surface area contributed by atoms with Crippen LogP contribution in [0.15, 0.2) is 24.3 Å². The number of methoxy groups -OCH3 is 1. The zero-order valence-corrected chi connectivity index (χ0v) is 7.85. The van der Waals surface area contributed by atoms with E-state index in [9.17, 15) is 13.2 Å². The lowest BCUT2D eigenvalue weighted by molar-refractivity contribution is -0.140. The Bertz CT molecular complexity index is 487. The second kappa shape index (κ2) is 3.18. The highest BCUT2D eigenvalue weighted by atomic mass is 19.4. The van der Waals surface area contributed by atoms with Gasteiger partial charge in [-0.25, -0.2) is 0 Å². The van der Waals surface area contributed by atoms with Gasteiger partial charge in [0.15, 0.2) is 0 Å². The molecule has 0 saturated carbocycles. The van der Waals surface area contributed by atoms with Crippen LogP contribution in [0.4, 0.5) is 13.2 Å². The fraction of sp³-hybridized carbons (Fsp3) is 0.200. The highest BCUT2D eigenvalue weighted by molar-refractivity contribution is 5.86. The summed E-state index contributed by atoms with van der Waals surface area (Å²) < 4.78 is 42.1. The summed E-state index contributed by atoms with van der Waals surface area (Å²) in [6.45, 7) is 0. The molecule has 0 fully saturated rings. The van der Waals surface area contributed by atoms with Gasteiger partial charge in [0.05, 0.1) is 7.11 Å². The SMILES string of the molecule is COc1cccc2[nH]c(C(F)(F)F)cc12. The van der Waals surface area contributed by atoms with E-state index in [1.54, 1.807) is 18.2 Å². The van der Waals surface area contributed by atoms with Gasteiger partial charge in [0, 0.05) is 10.9 Å². The molecule has 2 nitrogen and oxygen atoms in total. The van der Waals surface area contributed by atoms with Crippen LogP contribution in [0.3, 0.4) is 0 Å². The molecule has 0 aliphatic rings. The molecule has 0 radical (unpaired) electrons. The largest absolute Gasteiger partial charge is 0.496 e. The monoisotopic (exact) mass is 215 g/mol. The number of H-pyrrole nitrogens is 1. The highest BCUT2D eigenvalue weighted by Crippen LogP contribution is 2.34. The second-order valence-electron chi connectivity index (χ2n) is 3.10. The van der Waals surface area contributed by atoms with E-state index in [2.05, 4.69) is 4.98 Å². The number of fused-ring (bicyclic) bond motifs is 1.